The van der Waals surface area contributed by atoms with Gasteiger partial charge in [0.25, 0.3) is 5.91 Å². The summed E-state index contributed by atoms with van der Waals surface area (Å²) in [6.07, 6.45) is 5.33. The summed E-state index contributed by atoms with van der Waals surface area (Å²) >= 11 is 3.38. The molecular weight excluding hydrogens is 418 g/mol. The molecule has 1 aliphatic heterocycles. The van der Waals surface area contributed by atoms with Crippen molar-refractivity contribution in [3.63, 3.8) is 0 Å². The van der Waals surface area contributed by atoms with Gasteiger partial charge < -0.3 is 4.90 Å². The van der Waals surface area contributed by atoms with Gasteiger partial charge in [0.05, 0.1) is 17.0 Å². The summed E-state index contributed by atoms with van der Waals surface area (Å²) in [5.74, 6) is 2.44. The summed E-state index contributed by atoms with van der Waals surface area (Å²) in [5.41, 5.74) is 0.364. The van der Waals surface area contributed by atoms with Crippen LogP contribution in [-0.2, 0) is 10.0 Å². The predicted octanol–water partition coefficient (Wildman–Crippen LogP) is 1.87. The maximum Gasteiger partial charge on any atom is 0.255 e. The summed E-state index contributed by atoms with van der Waals surface area (Å²) in [7, 11) is -3.61. The number of piperazine rings is 1. The molecule has 6 nitrogen and oxygen atoms in total. The third-order valence-corrected chi connectivity index (χ3v) is 7.22. The first kappa shape index (κ1) is 20.9. The highest BCUT2D eigenvalue weighted by molar-refractivity contribution is 9.10. The normalized spacial score (nSPS) is 15.9. The lowest BCUT2D eigenvalue weighted by atomic mass is 10.2. The van der Waals surface area contributed by atoms with E-state index in [1.165, 1.54) is 16.4 Å². The van der Waals surface area contributed by atoms with Crippen LogP contribution in [-0.4, -0.2) is 74.2 Å². The Hall–Kier alpha value is -1.40. The lowest BCUT2D eigenvalue weighted by Crippen LogP contribution is -2.48. The van der Waals surface area contributed by atoms with Gasteiger partial charge in [-0.25, -0.2) is 8.42 Å². The average Bonchev–Trinajstić information content (AvgIpc) is 2.63. The summed E-state index contributed by atoms with van der Waals surface area (Å²) in [6, 6.07) is 4.62. The lowest BCUT2D eigenvalue weighted by molar-refractivity contribution is 0.0651. The quantitative estimate of drug-likeness (QED) is 0.632. The van der Waals surface area contributed by atoms with Crippen molar-refractivity contribution in [3.05, 3.63) is 28.2 Å². The monoisotopic (exact) mass is 441 g/mol. The van der Waals surface area contributed by atoms with E-state index in [-0.39, 0.29) is 10.8 Å². The van der Waals surface area contributed by atoms with Crippen LogP contribution < -0.4 is 0 Å². The number of amides is 1. The number of carbonyl (C=O) groups excluding carboxylic acids is 1. The van der Waals surface area contributed by atoms with E-state index >= 15 is 0 Å². The number of benzene rings is 1. The number of sulfonamides is 1. The van der Waals surface area contributed by atoms with Gasteiger partial charge in [0, 0.05) is 43.7 Å². The van der Waals surface area contributed by atoms with Crippen molar-refractivity contribution in [2.45, 2.75) is 18.7 Å². The first-order chi connectivity index (χ1) is 12.3. The van der Waals surface area contributed by atoms with E-state index in [1.807, 2.05) is 0 Å². The summed E-state index contributed by atoms with van der Waals surface area (Å²) in [6.45, 7) is 7.49. The van der Waals surface area contributed by atoms with E-state index in [4.69, 9.17) is 6.42 Å². The van der Waals surface area contributed by atoms with Gasteiger partial charge >= 0.3 is 0 Å². The average molecular weight is 442 g/mol. The molecule has 142 valence electrons. The van der Waals surface area contributed by atoms with Gasteiger partial charge in [0.1, 0.15) is 0 Å². The van der Waals surface area contributed by atoms with Crippen molar-refractivity contribution < 1.29 is 13.2 Å². The molecule has 1 saturated heterocycles. The van der Waals surface area contributed by atoms with E-state index in [2.05, 4.69) is 26.8 Å². The molecule has 2 rings (SSSR count). The van der Waals surface area contributed by atoms with Crippen molar-refractivity contribution in [3.8, 4) is 12.3 Å². The van der Waals surface area contributed by atoms with E-state index in [0.29, 0.717) is 55.8 Å². The zero-order valence-electron chi connectivity index (χ0n) is 15.1. The molecule has 0 aromatic heterocycles. The fraction of sp³-hybridized carbons (Fsp3) is 0.500. The molecule has 1 amide bonds. The Morgan fingerprint density at radius 2 is 1.85 bits per heavy atom. The lowest BCUT2D eigenvalue weighted by Gasteiger charge is -2.34. The molecule has 0 spiro atoms. The van der Waals surface area contributed by atoms with E-state index in [0.717, 1.165) is 0 Å². The maximum absolute atomic E-state index is 12.9. The van der Waals surface area contributed by atoms with E-state index < -0.39 is 10.0 Å². The van der Waals surface area contributed by atoms with Crippen molar-refractivity contribution >= 4 is 31.9 Å². The van der Waals surface area contributed by atoms with Crippen LogP contribution in [0.5, 0.6) is 0 Å². The molecule has 1 heterocycles. The van der Waals surface area contributed by atoms with Gasteiger partial charge in [0.15, 0.2) is 0 Å². The molecule has 0 bridgehead atoms. The van der Waals surface area contributed by atoms with Gasteiger partial charge in [0.2, 0.25) is 10.0 Å². The highest BCUT2D eigenvalue weighted by atomic mass is 79.9. The zero-order chi connectivity index (χ0) is 19.3. The molecule has 0 saturated carbocycles. The van der Waals surface area contributed by atoms with Crippen LogP contribution in [0.3, 0.4) is 0 Å². The molecule has 0 radical (unpaired) electrons. The molecule has 0 N–H and O–H groups in total. The number of halogens is 1. The Kier molecular flexibility index (Phi) is 7.24. The highest BCUT2D eigenvalue weighted by Crippen LogP contribution is 2.25. The topological polar surface area (TPSA) is 60.9 Å². The maximum atomic E-state index is 12.9. The van der Waals surface area contributed by atoms with E-state index in [9.17, 15) is 13.2 Å². The summed E-state index contributed by atoms with van der Waals surface area (Å²) in [4.78, 5) is 16.9. The van der Waals surface area contributed by atoms with Crippen molar-refractivity contribution in [1.82, 2.24) is 14.1 Å². The minimum absolute atomic E-state index is 0.138. The van der Waals surface area contributed by atoms with Crippen molar-refractivity contribution in [1.29, 1.82) is 0 Å². The Bertz CT molecular complexity index is 792. The van der Waals surface area contributed by atoms with Gasteiger partial charge in [-0.2, -0.15) is 4.31 Å². The number of terminal acetylenes is 1. The number of nitrogens with zero attached hydrogens (tertiary/aromatic N) is 3. The number of rotatable bonds is 6. The minimum atomic E-state index is -3.61. The number of carbonyl (C=O) groups is 1. The molecule has 0 aliphatic carbocycles. The van der Waals surface area contributed by atoms with Gasteiger partial charge in [-0.15, -0.1) is 6.42 Å². The third kappa shape index (κ3) is 4.46. The smallest absolute Gasteiger partial charge is 0.255 e. The van der Waals surface area contributed by atoms with Crippen LogP contribution in [0.4, 0.5) is 0 Å². The van der Waals surface area contributed by atoms with Crippen molar-refractivity contribution in [2.24, 2.45) is 0 Å². The Morgan fingerprint density at radius 3 is 2.38 bits per heavy atom. The fourth-order valence-electron chi connectivity index (χ4n) is 2.95. The zero-order valence-corrected chi connectivity index (χ0v) is 17.5. The molecule has 1 aromatic carbocycles. The fourth-order valence-corrected chi connectivity index (χ4v) is 4.85. The second-order valence-corrected chi connectivity index (χ2v) is 8.80. The standard InChI is InChI=1S/C18H24BrN3O3S/c1-4-9-20-10-12-21(13-11-20)18(23)16-14-15(7-8-17(16)19)26(24,25)22(5-2)6-3/h1,7-8,14H,5-6,9-13H2,2-3H3. The van der Waals surface area contributed by atoms with Crippen LogP contribution in [0.2, 0.25) is 0 Å². The molecule has 1 fully saturated rings. The Labute approximate surface area is 164 Å². The van der Waals surface area contributed by atoms with Gasteiger partial charge in [-0.1, -0.05) is 19.8 Å². The Balaban J connectivity index is 2.25. The summed E-state index contributed by atoms with van der Waals surface area (Å²) in [5, 5.41) is 0. The molecular formula is C18H24BrN3O3S. The highest BCUT2D eigenvalue weighted by Gasteiger charge is 2.27. The first-order valence-corrected chi connectivity index (χ1v) is 10.8. The molecule has 26 heavy (non-hydrogen) atoms. The number of hydrogen-bond acceptors (Lipinski definition) is 4. The molecule has 0 atom stereocenters. The van der Waals surface area contributed by atoms with Crippen LogP contribution in [0, 0.1) is 12.3 Å². The summed E-state index contributed by atoms with van der Waals surface area (Å²) < 4.78 is 27.4. The Morgan fingerprint density at radius 1 is 1.23 bits per heavy atom. The minimum Gasteiger partial charge on any atom is -0.336 e. The molecule has 1 aliphatic rings. The van der Waals surface area contributed by atoms with Crippen molar-refractivity contribution in [2.75, 3.05) is 45.8 Å². The first-order valence-electron chi connectivity index (χ1n) is 8.59. The second kappa shape index (κ2) is 9.00. The van der Waals surface area contributed by atoms with Gasteiger partial charge in [-0.05, 0) is 34.1 Å². The van der Waals surface area contributed by atoms with Gasteiger partial charge in [-0.3, -0.25) is 9.69 Å². The molecule has 1 aromatic rings. The number of hydrogen-bond donors (Lipinski definition) is 0. The molecule has 8 heteroatoms. The molecule has 0 unspecified atom stereocenters. The predicted molar refractivity (Wildman–Crippen MR) is 105 cm³/mol. The third-order valence-electron chi connectivity index (χ3n) is 4.49. The SMILES string of the molecule is C#CCN1CCN(C(=O)c2cc(S(=O)(=O)N(CC)CC)ccc2Br)CC1. The van der Waals surface area contributed by atoms with E-state index in [1.54, 1.807) is 24.8 Å². The van der Waals surface area contributed by atoms with Crippen LogP contribution in [0.1, 0.15) is 24.2 Å². The largest absolute Gasteiger partial charge is 0.336 e. The van der Waals surface area contributed by atoms with Crippen LogP contribution >= 0.6 is 15.9 Å². The second-order valence-electron chi connectivity index (χ2n) is 6.00. The van der Waals surface area contributed by atoms with Crippen LogP contribution in [0.25, 0.3) is 0 Å². The van der Waals surface area contributed by atoms with Crippen LogP contribution in [0.15, 0.2) is 27.6 Å².